The molecule has 0 unspecified atom stereocenters. The van der Waals surface area contributed by atoms with E-state index in [1.54, 1.807) is 0 Å². The maximum atomic E-state index is 12.2. The van der Waals surface area contributed by atoms with Crippen molar-refractivity contribution in [3.8, 4) is 17.2 Å². The van der Waals surface area contributed by atoms with Crippen molar-refractivity contribution in [1.29, 1.82) is 0 Å². The van der Waals surface area contributed by atoms with Crippen molar-refractivity contribution in [3.63, 3.8) is 0 Å². The number of ether oxygens (including phenoxy) is 1. The Balaban J connectivity index is 1.98. The molecule has 2 N–H and O–H groups in total. The Morgan fingerprint density at radius 1 is 1.17 bits per heavy atom. The van der Waals surface area contributed by atoms with Crippen LogP contribution in [0.5, 0.6) is 17.2 Å². The van der Waals surface area contributed by atoms with Gasteiger partial charge in [-0.1, -0.05) is 29.8 Å². The molecule has 2 aromatic rings. The summed E-state index contributed by atoms with van der Waals surface area (Å²) in [6.45, 7) is 2.16. The highest BCUT2D eigenvalue weighted by atomic mass is 35.5. The normalized spacial score (nSPS) is 11.4. The molecule has 2 rings (SSSR count). The second kappa shape index (κ2) is 7.10. The quantitative estimate of drug-likeness (QED) is 0.612. The van der Waals surface area contributed by atoms with Gasteiger partial charge < -0.3 is 14.9 Å². The summed E-state index contributed by atoms with van der Waals surface area (Å²) in [6, 6.07) is 9.58. The number of aromatic hydroxyl groups is 2. The molecule has 0 amide bonds. The first-order valence-electron chi connectivity index (χ1n) is 6.94. The van der Waals surface area contributed by atoms with Gasteiger partial charge in [0.1, 0.15) is 5.75 Å². The molecule has 0 aliphatic heterocycles. The summed E-state index contributed by atoms with van der Waals surface area (Å²) in [4.78, 5) is -0.131. The largest absolute Gasteiger partial charge is 0.504 e. The molecule has 0 atom stereocenters. The molecule has 0 radical (unpaired) electrons. The number of phenolic OH excluding ortho intramolecular Hbond substituents is 2. The molecule has 124 valence electrons. The Hall–Kier alpha value is -1.92. The lowest BCUT2D eigenvalue weighted by Crippen LogP contribution is -2.11. The number of para-hydroxylation sites is 1. The lowest BCUT2D eigenvalue weighted by molar-refractivity contribution is 0.315. The summed E-state index contributed by atoms with van der Waals surface area (Å²) in [5.74, 6) is -0.532. The van der Waals surface area contributed by atoms with Crippen LogP contribution in [-0.4, -0.2) is 31.0 Å². The molecule has 0 fully saturated rings. The van der Waals surface area contributed by atoms with Crippen LogP contribution in [0.1, 0.15) is 12.0 Å². The summed E-state index contributed by atoms with van der Waals surface area (Å²) < 4.78 is 30.0. The van der Waals surface area contributed by atoms with Crippen LogP contribution in [0.4, 0.5) is 0 Å². The van der Waals surface area contributed by atoms with Gasteiger partial charge in [0.15, 0.2) is 21.3 Å². The van der Waals surface area contributed by atoms with Crippen LogP contribution in [0, 0.1) is 6.92 Å². The predicted molar refractivity (Wildman–Crippen MR) is 88.1 cm³/mol. The van der Waals surface area contributed by atoms with Gasteiger partial charge >= 0.3 is 0 Å². The molecule has 2 aromatic carbocycles. The second-order valence-corrected chi connectivity index (χ2v) is 7.58. The fourth-order valence-corrected chi connectivity index (χ4v) is 3.61. The molecule has 7 heteroatoms. The van der Waals surface area contributed by atoms with E-state index in [1.807, 2.05) is 31.2 Å². The SMILES string of the molecule is Cc1ccccc1OCCCS(=O)(=O)c1cc(O)c(O)c(Cl)c1. The minimum atomic E-state index is -3.62. The summed E-state index contributed by atoms with van der Waals surface area (Å²) in [5.41, 5.74) is 0.977. The monoisotopic (exact) mass is 356 g/mol. The number of phenols is 2. The first-order valence-corrected chi connectivity index (χ1v) is 8.97. The van der Waals surface area contributed by atoms with Crippen LogP contribution < -0.4 is 4.74 Å². The average molecular weight is 357 g/mol. The highest BCUT2D eigenvalue weighted by Gasteiger charge is 2.18. The maximum Gasteiger partial charge on any atom is 0.178 e. The van der Waals surface area contributed by atoms with E-state index in [1.165, 1.54) is 0 Å². The number of hydrogen-bond acceptors (Lipinski definition) is 5. The number of hydrogen-bond donors (Lipinski definition) is 2. The predicted octanol–water partition coefficient (Wildman–Crippen LogP) is 3.30. The Labute approximate surface area is 140 Å². The first-order chi connectivity index (χ1) is 10.8. The molecule has 0 heterocycles. The third-order valence-electron chi connectivity index (χ3n) is 3.28. The van der Waals surface area contributed by atoms with E-state index < -0.39 is 21.3 Å². The highest BCUT2D eigenvalue weighted by molar-refractivity contribution is 7.91. The van der Waals surface area contributed by atoms with Gasteiger partial charge in [0, 0.05) is 6.07 Å². The number of halogens is 1. The topological polar surface area (TPSA) is 83.8 Å². The number of benzene rings is 2. The van der Waals surface area contributed by atoms with Crippen LogP contribution >= 0.6 is 11.6 Å². The standard InChI is InChI=1S/C16H17ClO5S/c1-11-5-2-3-6-15(11)22-7-4-8-23(20,21)12-9-13(17)16(19)14(18)10-12/h2-3,5-6,9-10,18-19H,4,7-8H2,1H3. The molecule has 0 aromatic heterocycles. The van der Waals surface area contributed by atoms with Crippen molar-refractivity contribution >= 4 is 21.4 Å². The van der Waals surface area contributed by atoms with Gasteiger partial charge in [-0.3, -0.25) is 0 Å². The summed E-state index contributed by atoms with van der Waals surface area (Å²) >= 11 is 5.68. The third-order valence-corrected chi connectivity index (χ3v) is 5.35. The third kappa shape index (κ3) is 4.30. The lowest BCUT2D eigenvalue weighted by Gasteiger charge is -2.10. The molecule has 23 heavy (non-hydrogen) atoms. The average Bonchev–Trinajstić information content (AvgIpc) is 2.50. The van der Waals surface area contributed by atoms with Crippen molar-refractivity contribution in [2.75, 3.05) is 12.4 Å². The van der Waals surface area contributed by atoms with E-state index in [4.69, 9.17) is 16.3 Å². The van der Waals surface area contributed by atoms with Crippen molar-refractivity contribution in [2.45, 2.75) is 18.2 Å². The zero-order valence-corrected chi connectivity index (χ0v) is 14.1. The summed E-state index contributed by atoms with van der Waals surface area (Å²) in [5, 5.41) is 18.6. The molecule has 5 nitrogen and oxygen atoms in total. The van der Waals surface area contributed by atoms with Crippen molar-refractivity contribution in [1.82, 2.24) is 0 Å². The summed E-state index contributed by atoms with van der Waals surface area (Å²) in [6.07, 6.45) is 0.288. The zero-order valence-electron chi connectivity index (χ0n) is 12.5. The molecule has 0 saturated carbocycles. The molecular weight excluding hydrogens is 340 g/mol. The molecule has 0 bridgehead atoms. The number of aryl methyl sites for hydroxylation is 1. The van der Waals surface area contributed by atoms with Gasteiger partial charge in [0.2, 0.25) is 0 Å². The zero-order chi connectivity index (χ0) is 17.0. The molecule has 0 aliphatic rings. The fraction of sp³-hybridized carbons (Fsp3) is 0.250. The highest BCUT2D eigenvalue weighted by Crippen LogP contribution is 2.35. The number of sulfone groups is 1. The van der Waals surface area contributed by atoms with E-state index in [0.717, 1.165) is 23.4 Å². The van der Waals surface area contributed by atoms with Gasteiger partial charge in [-0.15, -0.1) is 0 Å². The van der Waals surface area contributed by atoms with Crippen molar-refractivity contribution < 1.29 is 23.4 Å². The Morgan fingerprint density at radius 2 is 1.87 bits per heavy atom. The van der Waals surface area contributed by atoms with E-state index in [2.05, 4.69) is 0 Å². The Morgan fingerprint density at radius 3 is 2.52 bits per heavy atom. The Kier molecular flexibility index (Phi) is 5.38. The van der Waals surface area contributed by atoms with Crippen molar-refractivity contribution in [3.05, 3.63) is 47.0 Å². The summed E-state index contributed by atoms with van der Waals surface area (Å²) in [7, 11) is -3.62. The maximum absolute atomic E-state index is 12.2. The van der Waals surface area contributed by atoms with Crippen LogP contribution in [0.25, 0.3) is 0 Å². The fourth-order valence-electron chi connectivity index (χ4n) is 2.01. The van der Waals surface area contributed by atoms with Gasteiger partial charge in [0.05, 0.1) is 22.3 Å². The minimum Gasteiger partial charge on any atom is -0.504 e. The van der Waals surface area contributed by atoms with Crippen LogP contribution in [0.15, 0.2) is 41.3 Å². The molecule has 0 spiro atoms. The van der Waals surface area contributed by atoms with Crippen LogP contribution in [0.3, 0.4) is 0 Å². The Bertz CT molecular complexity index is 779. The van der Waals surface area contributed by atoms with Crippen molar-refractivity contribution in [2.24, 2.45) is 0 Å². The second-order valence-electron chi connectivity index (χ2n) is 5.06. The minimum absolute atomic E-state index is 0.131. The number of rotatable bonds is 6. The first kappa shape index (κ1) is 17.4. The van der Waals surface area contributed by atoms with Crippen LogP contribution in [-0.2, 0) is 9.84 Å². The van der Waals surface area contributed by atoms with E-state index in [-0.39, 0.29) is 28.7 Å². The van der Waals surface area contributed by atoms with Gasteiger partial charge in [-0.05, 0) is 31.0 Å². The smallest absolute Gasteiger partial charge is 0.178 e. The van der Waals surface area contributed by atoms with Gasteiger partial charge in [-0.2, -0.15) is 0 Å². The molecule has 0 saturated heterocycles. The van der Waals surface area contributed by atoms with Crippen LogP contribution in [0.2, 0.25) is 5.02 Å². The molecule has 0 aliphatic carbocycles. The van der Waals surface area contributed by atoms with E-state index in [0.29, 0.717) is 0 Å². The lowest BCUT2D eigenvalue weighted by atomic mass is 10.2. The van der Waals surface area contributed by atoms with E-state index in [9.17, 15) is 18.6 Å². The molecular formula is C16H17ClO5S. The van der Waals surface area contributed by atoms with Gasteiger partial charge in [0.25, 0.3) is 0 Å². The van der Waals surface area contributed by atoms with Gasteiger partial charge in [-0.25, -0.2) is 8.42 Å². The van der Waals surface area contributed by atoms with E-state index >= 15 is 0 Å².